The van der Waals surface area contributed by atoms with Crippen molar-refractivity contribution in [2.45, 2.75) is 17.9 Å². The first kappa shape index (κ1) is 12.1. The molecule has 0 spiro atoms. The fourth-order valence-corrected chi connectivity index (χ4v) is 1.98. The van der Waals surface area contributed by atoms with Crippen LogP contribution in [-0.4, -0.2) is 21.9 Å². The minimum atomic E-state index is 0.411. The molecule has 5 heteroatoms. The smallest absolute Gasteiger partial charge is 0.257 e. The summed E-state index contributed by atoms with van der Waals surface area (Å²) >= 11 is 1.73. The van der Waals surface area contributed by atoms with Crippen LogP contribution in [0.3, 0.4) is 0 Å². The van der Waals surface area contributed by atoms with Crippen molar-refractivity contribution in [1.82, 2.24) is 10.1 Å². The summed E-state index contributed by atoms with van der Waals surface area (Å²) in [5.74, 6) is 2.02. The molecule has 1 aromatic heterocycles. The van der Waals surface area contributed by atoms with Gasteiger partial charge in [0.1, 0.15) is 0 Å². The van der Waals surface area contributed by atoms with Crippen LogP contribution in [0, 0.1) is 0 Å². The molecule has 0 amide bonds. The largest absolute Gasteiger partial charge is 0.334 e. The van der Waals surface area contributed by atoms with Gasteiger partial charge >= 0.3 is 0 Å². The predicted octanol–water partition coefficient (Wildman–Crippen LogP) is 2.32. The summed E-state index contributed by atoms with van der Waals surface area (Å²) in [6, 6.07) is 9.76. The van der Waals surface area contributed by atoms with E-state index in [1.165, 1.54) is 0 Å². The molecule has 2 rings (SSSR count). The van der Waals surface area contributed by atoms with Gasteiger partial charge in [0.25, 0.3) is 5.89 Å². The Bertz CT molecular complexity index is 458. The van der Waals surface area contributed by atoms with E-state index in [4.69, 9.17) is 10.3 Å². The minimum Gasteiger partial charge on any atom is -0.334 e. The maximum Gasteiger partial charge on any atom is 0.257 e. The molecule has 0 aliphatic heterocycles. The van der Waals surface area contributed by atoms with Gasteiger partial charge in [-0.2, -0.15) is 4.98 Å². The van der Waals surface area contributed by atoms with Crippen LogP contribution in [0.5, 0.6) is 0 Å². The molecule has 1 atom stereocenters. The molecule has 0 aliphatic carbocycles. The Morgan fingerprint density at radius 2 is 2.12 bits per heavy atom. The molecule has 0 fully saturated rings. The molecule has 0 saturated carbocycles. The van der Waals surface area contributed by atoms with Crippen LogP contribution >= 0.6 is 11.8 Å². The van der Waals surface area contributed by atoms with Crippen LogP contribution < -0.4 is 5.73 Å². The van der Waals surface area contributed by atoms with E-state index in [0.717, 1.165) is 11.3 Å². The highest BCUT2D eigenvalue weighted by Gasteiger charge is 2.09. The lowest BCUT2D eigenvalue weighted by molar-refractivity contribution is 0.425. The Labute approximate surface area is 105 Å². The van der Waals surface area contributed by atoms with Gasteiger partial charge in [0.15, 0.2) is 5.82 Å². The molecule has 17 heavy (non-hydrogen) atoms. The molecule has 2 N–H and O–H groups in total. The Morgan fingerprint density at radius 3 is 2.82 bits per heavy atom. The molecule has 2 aromatic rings. The first-order chi connectivity index (χ1) is 8.29. The van der Waals surface area contributed by atoms with Crippen molar-refractivity contribution in [1.29, 1.82) is 0 Å². The first-order valence-electron chi connectivity index (χ1n) is 5.49. The predicted molar refractivity (Wildman–Crippen MR) is 69.5 cm³/mol. The molecular formula is C12H15N3OS. The molecule has 0 saturated heterocycles. The molecule has 90 valence electrons. The summed E-state index contributed by atoms with van der Waals surface area (Å²) in [6.45, 7) is 2.75. The Kier molecular flexibility index (Phi) is 4.17. The van der Waals surface area contributed by atoms with Gasteiger partial charge in [-0.1, -0.05) is 30.3 Å². The van der Waals surface area contributed by atoms with Crippen molar-refractivity contribution in [2.75, 3.05) is 6.54 Å². The third-order valence-corrected chi connectivity index (χ3v) is 3.50. The molecule has 1 aromatic carbocycles. The van der Waals surface area contributed by atoms with E-state index in [0.29, 0.717) is 23.5 Å². The van der Waals surface area contributed by atoms with Gasteiger partial charge < -0.3 is 10.3 Å². The van der Waals surface area contributed by atoms with E-state index in [-0.39, 0.29) is 0 Å². The molecule has 1 unspecified atom stereocenters. The molecule has 0 bridgehead atoms. The molecule has 0 radical (unpaired) electrons. The zero-order chi connectivity index (χ0) is 12.1. The Balaban J connectivity index is 2.01. The Morgan fingerprint density at radius 1 is 1.35 bits per heavy atom. The van der Waals surface area contributed by atoms with E-state index in [9.17, 15) is 0 Å². The maximum absolute atomic E-state index is 5.55. The van der Waals surface area contributed by atoms with E-state index in [1.807, 2.05) is 30.3 Å². The number of nitrogens with zero attached hydrogens (tertiary/aromatic N) is 2. The lowest BCUT2D eigenvalue weighted by atomic mass is 10.2. The summed E-state index contributed by atoms with van der Waals surface area (Å²) in [6.07, 6.45) is 0. The third kappa shape index (κ3) is 3.31. The van der Waals surface area contributed by atoms with Gasteiger partial charge in [0, 0.05) is 17.4 Å². The van der Waals surface area contributed by atoms with Gasteiger partial charge in [-0.05, 0) is 12.1 Å². The van der Waals surface area contributed by atoms with Crippen molar-refractivity contribution in [3.8, 4) is 11.5 Å². The third-order valence-electron chi connectivity index (χ3n) is 2.32. The van der Waals surface area contributed by atoms with Gasteiger partial charge in [0.05, 0.1) is 5.75 Å². The summed E-state index contributed by atoms with van der Waals surface area (Å²) < 4.78 is 5.21. The highest BCUT2D eigenvalue weighted by Crippen LogP contribution is 2.19. The lowest BCUT2D eigenvalue weighted by Crippen LogP contribution is -2.12. The summed E-state index contributed by atoms with van der Waals surface area (Å²) in [7, 11) is 0. The summed E-state index contributed by atoms with van der Waals surface area (Å²) in [5.41, 5.74) is 6.49. The fourth-order valence-electron chi connectivity index (χ4n) is 1.30. The summed E-state index contributed by atoms with van der Waals surface area (Å²) in [5, 5.41) is 4.36. The normalized spacial score (nSPS) is 12.6. The van der Waals surface area contributed by atoms with E-state index < -0.39 is 0 Å². The van der Waals surface area contributed by atoms with Crippen LogP contribution in [0.25, 0.3) is 11.5 Å². The monoisotopic (exact) mass is 249 g/mol. The van der Waals surface area contributed by atoms with Gasteiger partial charge in [0.2, 0.25) is 0 Å². The van der Waals surface area contributed by atoms with Crippen LogP contribution in [0.2, 0.25) is 0 Å². The van der Waals surface area contributed by atoms with Crippen molar-refractivity contribution in [3.63, 3.8) is 0 Å². The Hall–Kier alpha value is -1.33. The lowest BCUT2D eigenvalue weighted by Gasteiger charge is -2.04. The average molecular weight is 249 g/mol. The molecular weight excluding hydrogens is 234 g/mol. The number of hydrogen-bond acceptors (Lipinski definition) is 5. The molecule has 4 nitrogen and oxygen atoms in total. The number of aromatic nitrogens is 2. The van der Waals surface area contributed by atoms with E-state index in [1.54, 1.807) is 11.8 Å². The highest BCUT2D eigenvalue weighted by molar-refractivity contribution is 7.99. The second kappa shape index (κ2) is 5.84. The minimum absolute atomic E-state index is 0.411. The topological polar surface area (TPSA) is 64.9 Å². The van der Waals surface area contributed by atoms with Crippen LogP contribution in [0.4, 0.5) is 0 Å². The molecule has 1 heterocycles. The quantitative estimate of drug-likeness (QED) is 0.881. The van der Waals surface area contributed by atoms with Gasteiger partial charge in [-0.3, -0.25) is 0 Å². The second-order valence-corrected chi connectivity index (χ2v) is 5.17. The number of nitrogens with two attached hydrogens (primary N) is 1. The number of benzene rings is 1. The molecule has 0 aliphatic rings. The van der Waals surface area contributed by atoms with Gasteiger partial charge in [-0.25, -0.2) is 0 Å². The van der Waals surface area contributed by atoms with Crippen LogP contribution in [0.15, 0.2) is 34.9 Å². The summed E-state index contributed by atoms with van der Waals surface area (Å²) in [4.78, 5) is 4.35. The van der Waals surface area contributed by atoms with E-state index in [2.05, 4.69) is 17.1 Å². The van der Waals surface area contributed by atoms with Crippen LogP contribution in [-0.2, 0) is 5.75 Å². The second-order valence-electron chi connectivity index (χ2n) is 3.74. The van der Waals surface area contributed by atoms with Gasteiger partial charge in [-0.15, -0.1) is 11.8 Å². The zero-order valence-electron chi connectivity index (χ0n) is 9.67. The van der Waals surface area contributed by atoms with Crippen LogP contribution in [0.1, 0.15) is 12.7 Å². The van der Waals surface area contributed by atoms with Crippen molar-refractivity contribution >= 4 is 11.8 Å². The number of hydrogen-bond donors (Lipinski definition) is 1. The van der Waals surface area contributed by atoms with Crippen molar-refractivity contribution in [2.24, 2.45) is 5.73 Å². The van der Waals surface area contributed by atoms with Crippen molar-refractivity contribution < 1.29 is 4.52 Å². The SMILES string of the molecule is CC(CN)SCc1noc(-c2ccccc2)n1. The first-order valence-corrected chi connectivity index (χ1v) is 6.54. The number of thioether (sulfide) groups is 1. The number of rotatable bonds is 5. The zero-order valence-corrected chi connectivity index (χ0v) is 10.5. The highest BCUT2D eigenvalue weighted by atomic mass is 32.2. The fraction of sp³-hybridized carbons (Fsp3) is 0.333. The standard InChI is InChI=1S/C12H15N3OS/c1-9(7-13)17-8-11-14-12(16-15-11)10-5-3-2-4-6-10/h2-6,9H,7-8,13H2,1H3. The maximum atomic E-state index is 5.55. The van der Waals surface area contributed by atoms with E-state index >= 15 is 0 Å². The average Bonchev–Trinajstić information content (AvgIpc) is 2.86. The van der Waals surface area contributed by atoms with Crippen molar-refractivity contribution in [3.05, 3.63) is 36.2 Å².